The maximum Gasteiger partial charge on any atom is 0.410 e. The Kier molecular flexibility index (Phi) is 7.15. The summed E-state index contributed by atoms with van der Waals surface area (Å²) in [4.78, 5) is 14.7. The molecular formula is C20H38N2O3. The molecule has 25 heavy (non-hydrogen) atoms. The Labute approximate surface area is 153 Å². The van der Waals surface area contributed by atoms with E-state index in [1.54, 1.807) is 0 Å². The Bertz CT molecular complexity index is 433. The molecule has 2 aliphatic rings. The molecule has 0 aromatic heterocycles. The molecule has 2 fully saturated rings. The number of aliphatic hydroxyl groups excluding tert-OH is 1. The van der Waals surface area contributed by atoms with Crippen LogP contribution in [0.5, 0.6) is 0 Å². The van der Waals surface area contributed by atoms with Gasteiger partial charge in [-0.1, -0.05) is 6.42 Å². The van der Waals surface area contributed by atoms with Gasteiger partial charge in [-0.3, -0.25) is 0 Å². The number of nitrogens with zero attached hydrogens (tertiary/aromatic N) is 1. The lowest BCUT2D eigenvalue weighted by molar-refractivity contribution is -0.000425. The summed E-state index contributed by atoms with van der Waals surface area (Å²) in [5.41, 5.74) is -0.446. The highest BCUT2D eigenvalue weighted by Gasteiger charge is 2.41. The van der Waals surface area contributed by atoms with Gasteiger partial charge in [-0.25, -0.2) is 4.79 Å². The fourth-order valence-electron chi connectivity index (χ4n) is 4.55. The second kappa shape index (κ2) is 8.72. The van der Waals surface area contributed by atoms with Crippen molar-refractivity contribution < 1.29 is 14.6 Å². The molecule has 2 rings (SSSR count). The van der Waals surface area contributed by atoms with E-state index in [0.717, 1.165) is 32.2 Å². The van der Waals surface area contributed by atoms with Crippen molar-refractivity contribution in [1.82, 2.24) is 10.2 Å². The van der Waals surface area contributed by atoms with Gasteiger partial charge in [-0.2, -0.15) is 0 Å². The maximum absolute atomic E-state index is 12.7. The third-order valence-electron chi connectivity index (χ3n) is 5.43. The number of rotatable bonds is 5. The minimum atomic E-state index is -0.446. The van der Waals surface area contributed by atoms with Crippen LogP contribution < -0.4 is 5.32 Å². The van der Waals surface area contributed by atoms with Gasteiger partial charge in [0.25, 0.3) is 0 Å². The third kappa shape index (κ3) is 6.14. The van der Waals surface area contributed by atoms with Gasteiger partial charge in [0.1, 0.15) is 5.60 Å². The van der Waals surface area contributed by atoms with E-state index in [0.29, 0.717) is 18.0 Å². The number of piperidine rings is 1. The molecule has 146 valence electrons. The number of ether oxygens (including phenoxy) is 1. The van der Waals surface area contributed by atoms with E-state index in [4.69, 9.17) is 4.74 Å². The van der Waals surface area contributed by atoms with Crippen molar-refractivity contribution in [2.45, 2.75) is 109 Å². The number of aliphatic hydroxyl groups is 1. The first-order valence-corrected chi connectivity index (χ1v) is 10.1. The average Bonchev–Trinajstić information content (AvgIpc) is 2.92. The number of hydrogen-bond acceptors (Lipinski definition) is 4. The van der Waals surface area contributed by atoms with E-state index in [-0.39, 0.29) is 18.2 Å². The highest BCUT2D eigenvalue weighted by molar-refractivity contribution is 5.68. The van der Waals surface area contributed by atoms with Gasteiger partial charge >= 0.3 is 6.09 Å². The second-order valence-electron chi connectivity index (χ2n) is 9.09. The Balaban J connectivity index is 2.03. The largest absolute Gasteiger partial charge is 0.444 e. The first-order valence-electron chi connectivity index (χ1n) is 10.1. The summed E-state index contributed by atoms with van der Waals surface area (Å²) in [5, 5.41) is 13.4. The quantitative estimate of drug-likeness (QED) is 0.790. The maximum atomic E-state index is 12.7. The van der Waals surface area contributed by atoms with E-state index >= 15 is 0 Å². The van der Waals surface area contributed by atoms with E-state index in [1.807, 2.05) is 32.6 Å². The average molecular weight is 355 g/mol. The second-order valence-corrected chi connectivity index (χ2v) is 9.09. The molecule has 1 amide bonds. The Morgan fingerprint density at radius 2 is 1.92 bits per heavy atom. The summed E-state index contributed by atoms with van der Waals surface area (Å²) in [6.07, 6.45) is 7.21. The molecule has 1 aliphatic carbocycles. The monoisotopic (exact) mass is 354 g/mol. The van der Waals surface area contributed by atoms with Crippen LogP contribution in [0.4, 0.5) is 4.79 Å². The van der Waals surface area contributed by atoms with Crippen LogP contribution in [0.3, 0.4) is 0 Å². The zero-order valence-corrected chi connectivity index (χ0v) is 16.8. The first kappa shape index (κ1) is 20.5. The predicted octanol–water partition coefficient (Wildman–Crippen LogP) is 3.69. The van der Waals surface area contributed by atoms with Crippen LogP contribution in [0.2, 0.25) is 0 Å². The molecule has 5 unspecified atom stereocenters. The van der Waals surface area contributed by atoms with Gasteiger partial charge in [0.2, 0.25) is 0 Å². The minimum Gasteiger partial charge on any atom is -0.444 e. The topological polar surface area (TPSA) is 61.8 Å². The Morgan fingerprint density at radius 3 is 2.56 bits per heavy atom. The standard InChI is InChI=1S/C20H38N2O3/c1-14(13-15(2)23)21-17-10-8-9-16(17)18-11-6-7-12-22(18)19(24)25-20(3,4)5/h14-18,21,23H,6-13H2,1-5H3. The molecule has 1 aliphatic heterocycles. The summed E-state index contributed by atoms with van der Waals surface area (Å²) in [6, 6.07) is 1.01. The van der Waals surface area contributed by atoms with E-state index < -0.39 is 5.60 Å². The van der Waals surface area contributed by atoms with Gasteiger partial charge in [-0.15, -0.1) is 0 Å². The van der Waals surface area contributed by atoms with Crippen molar-refractivity contribution in [1.29, 1.82) is 0 Å². The number of hydrogen-bond donors (Lipinski definition) is 2. The fraction of sp³-hybridized carbons (Fsp3) is 0.950. The Hall–Kier alpha value is -0.810. The molecule has 0 aromatic rings. The number of nitrogens with one attached hydrogen (secondary N) is 1. The van der Waals surface area contributed by atoms with Crippen LogP contribution in [0.25, 0.3) is 0 Å². The van der Waals surface area contributed by atoms with Crippen molar-refractivity contribution in [2.24, 2.45) is 5.92 Å². The van der Waals surface area contributed by atoms with Crippen LogP contribution in [0.1, 0.15) is 79.6 Å². The van der Waals surface area contributed by atoms with Gasteiger partial charge in [0.15, 0.2) is 0 Å². The van der Waals surface area contributed by atoms with Crippen molar-refractivity contribution >= 4 is 6.09 Å². The normalized spacial score (nSPS) is 30.2. The summed E-state index contributed by atoms with van der Waals surface area (Å²) in [5.74, 6) is 0.490. The van der Waals surface area contributed by atoms with Crippen LogP contribution in [0.15, 0.2) is 0 Å². The third-order valence-corrected chi connectivity index (χ3v) is 5.43. The lowest BCUT2D eigenvalue weighted by Gasteiger charge is -2.42. The van der Waals surface area contributed by atoms with E-state index in [9.17, 15) is 9.90 Å². The summed E-state index contributed by atoms with van der Waals surface area (Å²) in [6.45, 7) is 10.6. The smallest absolute Gasteiger partial charge is 0.410 e. The van der Waals surface area contributed by atoms with Crippen molar-refractivity contribution in [3.8, 4) is 0 Å². The lowest BCUT2D eigenvalue weighted by atomic mass is 9.86. The van der Waals surface area contributed by atoms with Gasteiger partial charge < -0.3 is 20.1 Å². The van der Waals surface area contributed by atoms with Crippen molar-refractivity contribution in [3.63, 3.8) is 0 Å². The van der Waals surface area contributed by atoms with Gasteiger partial charge in [-0.05, 0) is 79.1 Å². The zero-order valence-electron chi connectivity index (χ0n) is 16.8. The summed E-state index contributed by atoms with van der Waals surface area (Å²) < 4.78 is 5.67. The van der Waals surface area contributed by atoms with E-state index in [1.165, 1.54) is 19.3 Å². The molecule has 2 N–H and O–H groups in total. The molecule has 5 nitrogen and oxygen atoms in total. The summed E-state index contributed by atoms with van der Waals surface area (Å²) >= 11 is 0. The molecule has 5 atom stereocenters. The molecule has 1 saturated carbocycles. The predicted molar refractivity (Wildman–Crippen MR) is 101 cm³/mol. The van der Waals surface area contributed by atoms with Crippen LogP contribution >= 0.6 is 0 Å². The van der Waals surface area contributed by atoms with E-state index in [2.05, 4.69) is 12.2 Å². The van der Waals surface area contributed by atoms with Crippen LogP contribution in [-0.2, 0) is 4.74 Å². The molecule has 1 heterocycles. The first-order chi connectivity index (χ1) is 11.7. The molecule has 0 bridgehead atoms. The highest BCUT2D eigenvalue weighted by atomic mass is 16.6. The van der Waals surface area contributed by atoms with Gasteiger partial charge in [0.05, 0.1) is 6.10 Å². The molecular weight excluding hydrogens is 316 g/mol. The molecule has 0 spiro atoms. The fourth-order valence-corrected chi connectivity index (χ4v) is 4.55. The number of carbonyl (C=O) groups is 1. The van der Waals surface area contributed by atoms with Crippen molar-refractivity contribution in [2.75, 3.05) is 6.54 Å². The Morgan fingerprint density at radius 1 is 1.20 bits per heavy atom. The lowest BCUT2D eigenvalue weighted by Crippen LogP contribution is -2.53. The van der Waals surface area contributed by atoms with Gasteiger partial charge in [0, 0.05) is 24.7 Å². The molecule has 1 saturated heterocycles. The molecule has 0 aromatic carbocycles. The molecule has 0 radical (unpaired) electrons. The highest BCUT2D eigenvalue weighted by Crippen LogP contribution is 2.36. The SMILES string of the molecule is CC(O)CC(C)NC1CCCC1C1CCCCN1C(=O)OC(C)(C)C. The van der Waals surface area contributed by atoms with Crippen LogP contribution in [-0.4, -0.2) is 52.5 Å². The number of likely N-dealkylation sites (tertiary alicyclic amines) is 1. The minimum absolute atomic E-state index is 0.153. The molecule has 5 heteroatoms. The number of carbonyl (C=O) groups excluding carboxylic acids is 1. The summed E-state index contributed by atoms with van der Waals surface area (Å²) in [7, 11) is 0. The van der Waals surface area contributed by atoms with Crippen molar-refractivity contribution in [3.05, 3.63) is 0 Å². The zero-order chi connectivity index (χ0) is 18.6. The number of amides is 1. The van der Waals surface area contributed by atoms with Crippen LogP contribution in [0, 0.1) is 5.92 Å².